The molecule has 1 aromatic heterocycles. The molecule has 22 heavy (non-hydrogen) atoms. The largest absolute Gasteiger partial charge is 0.287 e. The Morgan fingerprint density at radius 2 is 2.09 bits per heavy atom. The van der Waals surface area contributed by atoms with Gasteiger partial charge in [-0.2, -0.15) is 0 Å². The van der Waals surface area contributed by atoms with E-state index in [0.717, 1.165) is 30.5 Å². The van der Waals surface area contributed by atoms with Crippen molar-refractivity contribution in [3.8, 4) is 0 Å². The van der Waals surface area contributed by atoms with Gasteiger partial charge in [0.2, 0.25) is 0 Å². The topological polar surface area (TPSA) is 34.9 Å². The molecule has 0 N–H and O–H groups in total. The molecule has 6 heteroatoms. The maximum absolute atomic E-state index is 13.4. The summed E-state index contributed by atoms with van der Waals surface area (Å²) in [6, 6.07) is 1.93. The van der Waals surface area contributed by atoms with Gasteiger partial charge in [0.1, 0.15) is 0 Å². The fourth-order valence-electron chi connectivity index (χ4n) is 2.21. The van der Waals surface area contributed by atoms with Crippen molar-refractivity contribution in [3.05, 3.63) is 46.3 Å². The highest BCUT2D eigenvalue weighted by atomic mass is 32.2. The lowest BCUT2D eigenvalue weighted by Gasteiger charge is -2.13. The lowest BCUT2D eigenvalue weighted by Crippen LogP contribution is -2.24. The van der Waals surface area contributed by atoms with Gasteiger partial charge in [0, 0.05) is 18.4 Å². The minimum atomic E-state index is -1.02. The third-order valence-corrected chi connectivity index (χ3v) is 4.75. The standard InChI is InChI=1S/C16H16F2N2OS/c1-9(2)8-22-16-19-14-6-13(18)12(17)5-11(14)15(21)20(16)7-10-3-4-10/h5-6,10H,1,3-4,7-8H2,2H3. The molecule has 0 amide bonds. The molecule has 1 heterocycles. The van der Waals surface area contributed by atoms with Crippen molar-refractivity contribution >= 4 is 22.7 Å². The molecular formula is C16H16F2N2OS. The number of thioether (sulfide) groups is 1. The second-order valence-corrected chi connectivity index (χ2v) is 6.73. The Hall–Kier alpha value is -1.69. The van der Waals surface area contributed by atoms with Crippen LogP contribution >= 0.6 is 11.8 Å². The zero-order valence-corrected chi connectivity index (χ0v) is 13.1. The molecule has 116 valence electrons. The molecule has 2 aromatic rings. The van der Waals surface area contributed by atoms with E-state index in [1.165, 1.54) is 11.8 Å². The summed E-state index contributed by atoms with van der Waals surface area (Å²) >= 11 is 1.40. The van der Waals surface area contributed by atoms with Crippen LogP contribution in [0.4, 0.5) is 8.78 Å². The second kappa shape index (κ2) is 5.83. The average Bonchev–Trinajstić information content (AvgIpc) is 3.26. The van der Waals surface area contributed by atoms with Crippen molar-refractivity contribution in [2.75, 3.05) is 5.75 Å². The van der Waals surface area contributed by atoms with E-state index in [9.17, 15) is 13.6 Å². The van der Waals surface area contributed by atoms with Crippen LogP contribution in [0.1, 0.15) is 19.8 Å². The Bertz CT molecular complexity index is 812. The summed E-state index contributed by atoms with van der Waals surface area (Å²) in [6.45, 7) is 6.32. The highest BCUT2D eigenvalue weighted by Gasteiger charge is 2.24. The van der Waals surface area contributed by atoms with E-state index in [2.05, 4.69) is 11.6 Å². The van der Waals surface area contributed by atoms with Gasteiger partial charge in [0.25, 0.3) is 5.56 Å². The average molecular weight is 322 g/mol. The Morgan fingerprint density at radius 1 is 1.41 bits per heavy atom. The van der Waals surface area contributed by atoms with Crippen LogP contribution in [0.3, 0.4) is 0 Å². The van der Waals surface area contributed by atoms with Crippen LogP contribution in [-0.4, -0.2) is 15.3 Å². The molecule has 0 aliphatic heterocycles. The highest BCUT2D eigenvalue weighted by molar-refractivity contribution is 7.99. The molecule has 3 rings (SSSR count). The zero-order valence-electron chi connectivity index (χ0n) is 12.2. The summed E-state index contributed by atoms with van der Waals surface area (Å²) in [5, 5.41) is 0.664. The molecule has 0 unspecified atom stereocenters. The maximum atomic E-state index is 13.4. The van der Waals surface area contributed by atoms with Gasteiger partial charge >= 0.3 is 0 Å². The van der Waals surface area contributed by atoms with Gasteiger partial charge in [-0.15, -0.1) is 0 Å². The van der Waals surface area contributed by atoms with Crippen molar-refractivity contribution in [1.29, 1.82) is 0 Å². The third kappa shape index (κ3) is 3.06. The van der Waals surface area contributed by atoms with E-state index in [0.29, 0.717) is 23.4 Å². The number of hydrogen-bond donors (Lipinski definition) is 0. The van der Waals surface area contributed by atoms with Crippen LogP contribution in [0.5, 0.6) is 0 Å². The van der Waals surface area contributed by atoms with Crippen molar-refractivity contribution in [1.82, 2.24) is 9.55 Å². The highest BCUT2D eigenvalue weighted by Crippen LogP contribution is 2.32. The molecule has 0 radical (unpaired) electrons. The fourth-order valence-corrected chi connectivity index (χ4v) is 3.07. The Morgan fingerprint density at radius 3 is 2.73 bits per heavy atom. The summed E-state index contributed by atoms with van der Waals surface area (Å²) < 4.78 is 28.4. The lowest BCUT2D eigenvalue weighted by molar-refractivity contribution is 0.508. The summed E-state index contributed by atoms with van der Waals surface area (Å²) in [5.41, 5.74) is 0.850. The summed E-state index contributed by atoms with van der Waals surface area (Å²) in [7, 11) is 0. The third-order valence-electron chi connectivity index (χ3n) is 3.55. The predicted octanol–water partition coefficient (Wildman–Crippen LogP) is 3.75. The molecule has 3 nitrogen and oxygen atoms in total. The van der Waals surface area contributed by atoms with Gasteiger partial charge < -0.3 is 0 Å². The predicted molar refractivity (Wildman–Crippen MR) is 84.2 cm³/mol. The SMILES string of the molecule is C=C(C)CSc1nc2cc(F)c(F)cc2c(=O)n1CC1CC1. The van der Waals surface area contributed by atoms with Gasteiger partial charge in [-0.3, -0.25) is 9.36 Å². The van der Waals surface area contributed by atoms with Crippen molar-refractivity contribution in [2.45, 2.75) is 31.5 Å². The van der Waals surface area contributed by atoms with E-state index in [1.807, 2.05) is 6.92 Å². The zero-order chi connectivity index (χ0) is 15.9. The quantitative estimate of drug-likeness (QED) is 0.478. The molecule has 1 aliphatic rings. The Kier molecular flexibility index (Phi) is 4.04. The van der Waals surface area contributed by atoms with Gasteiger partial charge in [-0.05, 0) is 31.7 Å². The molecule has 1 saturated carbocycles. The van der Waals surface area contributed by atoms with Gasteiger partial charge in [0.05, 0.1) is 10.9 Å². The second-order valence-electron chi connectivity index (χ2n) is 5.78. The van der Waals surface area contributed by atoms with E-state index in [1.54, 1.807) is 4.57 Å². The normalized spacial score (nSPS) is 14.5. The lowest BCUT2D eigenvalue weighted by atomic mass is 10.2. The summed E-state index contributed by atoms with van der Waals surface area (Å²) in [5.74, 6) is -0.903. The summed E-state index contributed by atoms with van der Waals surface area (Å²) in [4.78, 5) is 17.0. The first kappa shape index (κ1) is 15.2. The smallest absolute Gasteiger partial charge is 0.262 e. The van der Waals surface area contributed by atoms with E-state index >= 15 is 0 Å². The number of hydrogen-bond acceptors (Lipinski definition) is 3. The molecule has 1 aliphatic carbocycles. The molecule has 0 spiro atoms. The van der Waals surface area contributed by atoms with Crippen LogP contribution in [-0.2, 0) is 6.54 Å². The number of rotatable bonds is 5. The molecule has 0 atom stereocenters. The van der Waals surface area contributed by atoms with Crippen molar-refractivity contribution in [2.24, 2.45) is 5.92 Å². The van der Waals surface area contributed by atoms with Crippen molar-refractivity contribution < 1.29 is 8.78 Å². The molecule has 0 bridgehead atoms. The fraction of sp³-hybridized carbons (Fsp3) is 0.375. The van der Waals surface area contributed by atoms with E-state index in [-0.39, 0.29) is 16.5 Å². The van der Waals surface area contributed by atoms with Crippen LogP contribution in [0, 0.1) is 17.6 Å². The monoisotopic (exact) mass is 322 g/mol. The minimum Gasteiger partial charge on any atom is -0.287 e. The Balaban J connectivity index is 2.14. The minimum absolute atomic E-state index is 0.124. The van der Waals surface area contributed by atoms with Gasteiger partial charge in [0.15, 0.2) is 16.8 Å². The van der Waals surface area contributed by atoms with Crippen LogP contribution in [0.25, 0.3) is 10.9 Å². The first-order valence-electron chi connectivity index (χ1n) is 7.12. The molecule has 0 saturated heterocycles. The molecule has 1 fully saturated rings. The Labute approximate surface area is 131 Å². The number of fused-ring (bicyclic) bond motifs is 1. The van der Waals surface area contributed by atoms with Gasteiger partial charge in [-0.25, -0.2) is 13.8 Å². The van der Waals surface area contributed by atoms with E-state index in [4.69, 9.17) is 0 Å². The number of nitrogens with zero attached hydrogens (tertiary/aromatic N) is 2. The van der Waals surface area contributed by atoms with Crippen LogP contribution in [0.15, 0.2) is 34.2 Å². The molecule has 1 aromatic carbocycles. The van der Waals surface area contributed by atoms with E-state index < -0.39 is 11.6 Å². The summed E-state index contributed by atoms with van der Waals surface area (Å²) in [6.07, 6.45) is 2.18. The maximum Gasteiger partial charge on any atom is 0.262 e. The van der Waals surface area contributed by atoms with Crippen molar-refractivity contribution in [3.63, 3.8) is 0 Å². The van der Waals surface area contributed by atoms with Crippen LogP contribution < -0.4 is 5.56 Å². The number of aromatic nitrogens is 2. The number of benzene rings is 1. The number of halogens is 2. The van der Waals surface area contributed by atoms with Gasteiger partial charge in [-0.1, -0.05) is 23.9 Å². The first-order chi connectivity index (χ1) is 10.5. The first-order valence-corrected chi connectivity index (χ1v) is 8.11. The molecular weight excluding hydrogens is 306 g/mol. The van der Waals surface area contributed by atoms with Crippen LogP contribution in [0.2, 0.25) is 0 Å².